The molecule has 2 aromatic rings. The summed E-state index contributed by atoms with van der Waals surface area (Å²) >= 11 is 1.13. The molecule has 0 saturated carbocycles. The van der Waals surface area contributed by atoms with E-state index in [0.717, 1.165) is 11.3 Å². The molecule has 0 fully saturated rings. The van der Waals surface area contributed by atoms with Crippen LogP contribution in [0, 0.1) is 0 Å². The third-order valence-electron chi connectivity index (χ3n) is 2.95. The number of pyridine rings is 1. The van der Waals surface area contributed by atoms with Gasteiger partial charge in [0, 0.05) is 18.7 Å². The Morgan fingerprint density at radius 3 is 2.62 bits per heavy atom. The van der Waals surface area contributed by atoms with E-state index in [-0.39, 0.29) is 34.5 Å². The lowest BCUT2D eigenvalue weighted by Gasteiger charge is -2.08. The zero-order chi connectivity index (χ0) is 19.1. The second-order valence-electron chi connectivity index (χ2n) is 4.90. The Labute approximate surface area is 152 Å². The molecule has 3 N–H and O–H groups in total. The van der Waals surface area contributed by atoms with Crippen molar-refractivity contribution in [2.24, 2.45) is 0 Å². The van der Waals surface area contributed by atoms with Crippen molar-refractivity contribution in [1.82, 2.24) is 10.3 Å². The van der Waals surface area contributed by atoms with E-state index in [1.807, 2.05) is 0 Å². The van der Waals surface area contributed by atoms with Crippen molar-refractivity contribution >= 4 is 46.0 Å². The van der Waals surface area contributed by atoms with Gasteiger partial charge < -0.3 is 15.4 Å². The van der Waals surface area contributed by atoms with Crippen LogP contribution in [0.15, 0.2) is 29.8 Å². The standard InChI is InChI=1S/C16H16N4O5S/c1-3-25-16(24)20-14(23)11-5-7-26-15(11)19-13(22)10-4-6-17-12(8-10)18-9(2)21/h4-8H,3H2,1-2H3,(H,19,22)(H,17,18,21)(H,20,23,24). The average molecular weight is 376 g/mol. The highest BCUT2D eigenvalue weighted by atomic mass is 32.1. The highest BCUT2D eigenvalue weighted by Crippen LogP contribution is 2.24. The number of hydrogen-bond acceptors (Lipinski definition) is 7. The number of alkyl carbamates (subject to hydrolysis) is 1. The van der Waals surface area contributed by atoms with Crippen molar-refractivity contribution in [2.45, 2.75) is 13.8 Å². The summed E-state index contributed by atoms with van der Waals surface area (Å²) in [6.45, 7) is 3.07. The van der Waals surface area contributed by atoms with Crippen molar-refractivity contribution in [3.8, 4) is 0 Å². The van der Waals surface area contributed by atoms with E-state index in [1.54, 1.807) is 12.3 Å². The Bertz CT molecular complexity index is 849. The van der Waals surface area contributed by atoms with Crippen molar-refractivity contribution in [3.63, 3.8) is 0 Å². The van der Waals surface area contributed by atoms with E-state index < -0.39 is 17.9 Å². The Morgan fingerprint density at radius 1 is 1.15 bits per heavy atom. The highest BCUT2D eigenvalue weighted by Gasteiger charge is 2.18. The number of nitrogens with zero attached hydrogens (tertiary/aromatic N) is 1. The smallest absolute Gasteiger partial charge is 0.414 e. The molecule has 0 aliphatic rings. The normalized spacial score (nSPS) is 9.92. The predicted octanol–water partition coefficient (Wildman–Crippen LogP) is 2.24. The molecule has 2 aromatic heterocycles. The van der Waals surface area contributed by atoms with Gasteiger partial charge in [-0.15, -0.1) is 11.3 Å². The number of ether oxygens (including phenoxy) is 1. The fourth-order valence-electron chi connectivity index (χ4n) is 1.91. The SMILES string of the molecule is CCOC(=O)NC(=O)c1ccsc1NC(=O)c1ccnc(NC(C)=O)c1. The van der Waals surface area contributed by atoms with Gasteiger partial charge in [-0.05, 0) is 30.5 Å². The van der Waals surface area contributed by atoms with E-state index >= 15 is 0 Å². The monoisotopic (exact) mass is 376 g/mol. The number of amides is 4. The number of anilines is 2. The summed E-state index contributed by atoms with van der Waals surface area (Å²) < 4.78 is 4.65. The minimum Gasteiger partial charge on any atom is -0.450 e. The maximum atomic E-state index is 12.4. The Balaban J connectivity index is 2.11. The number of imide groups is 1. The second-order valence-corrected chi connectivity index (χ2v) is 5.82. The topological polar surface area (TPSA) is 126 Å². The zero-order valence-electron chi connectivity index (χ0n) is 14.0. The van der Waals surface area contributed by atoms with Gasteiger partial charge in [0.05, 0.1) is 12.2 Å². The van der Waals surface area contributed by atoms with Gasteiger partial charge in [0.2, 0.25) is 5.91 Å². The molecule has 0 spiro atoms. The summed E-state index contributed by atoms with van der Waals surface area (Å²) in [6, 6.07) is 4.35. The van der Waals surface area contributed by atoms with Gasteiger partial charge in [0.15, 0.2) is 0 Å². The van der Waals surface area contributed by atoms with Crippen LogP contribution in [0.2, 0.25) is 0 Å². The number of carbonyl (C=O) groups is 4. The summed E-state index contributed by atoms with van der Waals surface area (Å²) in [5, 5.41) is 9.02. The molecule has 26 heavy (non-hydrogen) atoms. The van der Waals surface area contributed by atoms with Gasteiger partial charge in [0.1, 0.15) is 10.8 Å². The molecule has 0 aromatic carbocycles. The lowest BCUT2D eigenvalue weighted by Crippen LogP contribution is -2.31. The van der Waals surface area contributed by atoms with Gasteiger partial charge in [0.25, 0.3) is 11.8 Å². The Morgan fingerprint density at radius 2 is 1.92 bits per heavy atom. The number of hydrogen-bond donors (Lipinski definition) is 3. The fourth-order valence-corrected chi connectivity index (χ4v) is 2.69. The van der Waals surface area contributed by atoms with E-state index in [2.05, 4.69) is 25.7 Å². The minimum absolute atomic E-state index is 0.130. The van der Waals surface area contributed by atoms with Gasteiger partial charge in [-0.25, -0.2) is 9.78 Å². The van der Waals surface area contributed by atoms with Crippen molar-refractivity contribution in [2.75, 3.05) is 17.2 Å². The lowest BCUT2D eigenvalue weighted by molar-refractivity contribution is -0.114. The van der Waals surface area contributed by atoms with Gasteiger partial charge in [-0.3, -0.25) is 19.7 Å². The molecule has 2 rings (SSSR count). The summed E-state index contributed by atoms with van der Waals surface area (Å²) in [4.78, 5) is 50.8. The Hall–Kier alpha value is -3.27. The first-order chi connectivity index (χ1) is 12.4. The molecule has 0 saturated heterocycles. The van der Waals surface area contributed by atoms with Crippen molar-refractivity contribution < 1.29 is 23.9 Å². The lowest BCUT2D eigenvalue weighted by atomic mass is 10.2. The number of aromatic nitrogens is 1. The molecule has 0 unspecified atom stereocenters. The maximum absolute atomic E-state index is 12.4. The van der Waals surface area contributed by atoms with Crippen LogP contribution in [-0.2, 0) is 9.53 Å². The molecule has 136 valence electrons. The fraction of sp³-hybridized carbons (Fsp3) is 0.188. The first-order valence-corrected chi connectivity index (χ1v) is 8.39. The summed E-state index contributed by atoms with van der Waals surface area (Å²) in [5.41, 5.74) is 0.376. The first kappa shape index (κ1) is 19.1. The van der Waals surface area contributed by atoms with Crippen LogP contribution >= 0.6 is 11.3 Å². The average Bonchev–Trinajstić information content (AvgIpc) is 3.03. The number of rotatable bonds is 5. The van der Waals surface area contributed by atoms with Crippen LogP contribution in [0.5, 0.6) is 0 Å². The van der Waals surface area contributed by atoms with E-state index in [9.17, 15) is 19.2 Å². The van der Waals surface area contributed by atoms with Crippen LogP contribution in [0.4, 0.5) is 15.6 Å². The molecule has 0 aliphatic heterocycles. The zero-order valence-corrected chi connectivity index (χ0v) is 14.8. The van der Waals surface area contributed by atoms with Crippen molar-refractivity contribution in [1.29, 1.82) is 0 Å². The quantitative estimate of drug-likeness (QED) is 0.734. The number of nitrogens with one attached hydrogen (secondary N) is 3. The van der Waals surface area contributed by atoms with Gasteiger partial charge in [-0.2, -0.15) is 0 Å². The first-order valence-electron chi connectivity index (χ1n) is 7.51. The summed E-state index contributed by atoms with van der Waals surface area (Å²) in [7, 11) is 0. The van der Waals surface area contributed by atoms with Crippen LogP contribution in [0.3, 0.4) is 0 Å². The molecule has 0 bridgehead atoms. The second kappa shape index (κ2) is 8.72. The molecule has 2 heterocycles. The maximum Gasteiger partial charge on any atom is 0.414 e. The van der Waals surface area contributed by atoms with Gasteiger partial charge >= 0.3 is 6.09 Å². The highest BCUT2D eigenvalue weighted by molar-refractivity contribution is 7.14. The van der Waals surface area contributed by atoms with E-state index in [1.165, 1.54) is 31.3 Å². The third kappa shape index (κ3) is 5.11. The predicted molar refractivity (Wildman–Crippen MR) is 95.3 cm³/mol. The molecule has 10 heteroatoms. The molecule has 9 nitrogen and oxygen atoms in total. The van der Waals surface area contributed by atoms with Crippen LogP contribution in [0.25, 0.3) is 0 Å². The van der Waals surface area contributed by atoms with Crippen LogP contribution in [-0.4, -0.2) is 35.4 Å². The van der Waals surface area contributed by atoms with Crippen LogP contribution in [0.1, 0.15) is 34.6 Å². The largest absolute Gasteiger partial charge is 0.450 e. The number of carbonyl (C=O) groups excluding carboxylic acids is 4. The third-order valence-corrected chi connectivity index (χ3v) is 3.78. The molecular weight excluding hydrogens is 360 g/mol. The Kier molecular flexibility index (Phi) is 6.39. The molecule has 4 amide bonds. The van der Waals surface area contributed by atoms with E-state index in [0.29, 0.717) is 0 Å². The summed E-state index contributed by atoms with van der Waals surface area (Å²) in [6.07, 6.45) is 0.512. The summed E-state index contributed by atoms with van der Waals surface area (Å²) in [5.74, 6) is -1.26. The molecule has 0 radical (unpaired) electrons. The van der Waals surface area contributed by atoms with Gasteiger partial charge in [-0.1, -0.05) is 0 Å². The molecule has 0 atom stereocenters. The van der Waals surface area contributed by atoms with Crippen LogP contribution < -0.4 is 16.0 Å². The molecule has 0 aliphatic carbocycles. The minimum atomic E-state index is -0.866. The number of thiophene rings is 1. The molecular formula is C16H16N4O5S. The van der Waals surface area contributed by atoms with E-state index in [4.69, 9.17) is 0 Å². The van der Waals surface area contributed by atoms with Crippen molar-refractivity contribution in [3.05, 3.63) is 40.9 Å².